The average Bonchev–Trinajstić information content (AvgIpc) is 1.61. The van der Waals surface area contributed by atoms with Crippen molar-refractivity contribution in [2.24, 2.45) is 47.3 Å². The number of aryl methyl sites for hydroxylation is 2. The number of likely N-dealkylation sites (N-methyl/N-ethyl adjacent to an activating group) is 3. The lowest BCUT2D eigenvalue weighted by atomic mass is 9.71. The van der Waals surface area contributed by atoms with Crippen LogP contribution in [-0.2, 0) is 30.4 Å². The largest absolute Gasteiger partial charge is 0.379 e. The molecule has 25 atom stereocenters. The van der Waals surface area contributed by atoms with E-state index in [2.05, 4.69) is 389 Å². The van der Waals surface area contributed by atoms with Crippen LogP contribution in [0.25, 0.3) is 12.2 Å². The fourth-order valence-corrected chi connectivity index (χ4v) is 28.7. The van der Waals surface area contributed by atoms with Crippen molar-refractivity contribution in [3.05, 3.63) is 214 Å². The van der Waals surface area contributed by atoms with E-state index in [1.165, 1.54) is 236 Å². The van der Waals surface area contributed by atoms with Gasteiger partial charge in [-0.25, -0.2) is 0 Å². The summed E-state index contributed by atoms with van der Waals surface area (Å²) in [7, 11) is 24.6. The predicted octanol–water partition coefficient (Wildman–Crippen LogP) is 25.1. The van der Waals surface area contributed by atoms with E-state index < -0.39 is 0 Å². The SMILES string of the molecule is CC1C2CCCCC2CCN1C.CC1C=Cc2ccccc2N1C.CC1CC2CCCCC2N1C.CC1CC2CCc3ccccc3C2N1C.CC1CC2COCC2N1C.CC1CC2CSCC2N1C.CC1CC2Cc3ccccc3C2N1C.CC1CCC2CCCCC2N1C.CC1CCc2ccccc2N1C.CC1c2ccccc2C=CN1C.CC1c2ccccc2CCN1C. The highest BCUT2D eigenvalue weighted by Crippen LogP contribution is 2.50. The van der Waals surface area contributed by atoms with Crippen LogP contribution in [0.2, 0.25) is 0 Å². The number of para-hydroxylation sites is 2. The molecule has 6 aromatic rings. The zero-order valence-corrected chi connectivity index (χ0v) is 87.8. The molecule has 726 valence electrons. The van der Waals surface area contributed by atoms with E-state index in [0.717, 1.165) is 127 Å². The molecule has 13 heterocycles. The van der Waals surface area contributed by atoms with Crippen molar-refractivity contribution in [1.82, 2.24) is 44.1 Å². The van der Waals surface area contributed by atoms with Crippen LogP contribution in [0.4, 0.5) is 11.4 Å². The van der Waals surface area contributed by atoms with Gasteiger partial charge in [-0.3, -0.25) is 24.5 Å². The van der Waals surface area contributed by atoms with Gasteiger partial charge in [0, 0.05) is 147 Å². The Balaban J connectivity index is 0.000000117. The molecule has 5 aliphatic carbocycles. The molecular formula is C119H183N11OS. The van der Waals surface area contributed by atoms with Crippen molar-refractivity contribution in [2.45, 2.75) is 346 Å². The van der Waals surface area contributed by atoms with Gasteiger partial charge in [-0.15, -0.1) is 0 Å². The van der Waals surface area contributed by atoms with Crippen LogP contribution in [-0.4, -0.2) is 238 Å². The van der Waals surface area contributed by atoms with Gasteiger partial charge in [0.15, 0.2) is 0 Å². The Labute approximate surface area is 810 Å². The standard InChI is InChI=1S/C14H19N.C13H17N.C11H21N.C11H15N.C11H13N.C11H21N.C11H15N.C11H13N.C10H19N.C8H15NO.C8H15NS/c1-10-9-12-8-7-11-5-3-4-6-13(11)14(12)15(10)2;1-9-7-11-8-10-5-3-4-6-12(10)13(11)14(9)2;3*1-9-11-6-4-3-5-10(11)7-8-12(9)2;3*1-9-7-8-10-5-3-4-6-11(10)12(9)2;1-8-7-9-5-3-4-6-10(9)11(8)2;2*1-6-3-7-4-10-5-8(7)9(6)2/h3-6,10,12,14H,7-9H2,1-2H3;3-6,9,11,13H,7-8H2,1-2H3;9-11H,3-8H2,1-2H3;3-6,9H,7-8H2,1-2H3;3-9H,1-2H3;9-11H,3-8H2,1-2H3;3-6,9H,7-8H2,1-2H3;3-9H,1-2H3;8-10H,3-7H2,1-2H3;2*6-8H,3-5H2,1-2H3. The second-order valence-corrected chi connectivity index (χ2v) is 45.9. The monoisotopic (exact) mass is 1810 g/mol. The summed E-state index contributed by atoms with van der Waals surface area (Å²) in [5.41, 5.74) is 17.7. The van der Waals surface area contributed by atoms with Crippen LogP contribution in [0, 0.1) is 47.3 Å². The lowest BCUT2D eigenvalue weighted by Gasteiger charge is -2.45. The minimum atomic E-state index is 0.506. The molecule has 24 rings (SSSR count). The van der Waals surface area contributed by atoms with Gasteiger partial charge in [-0.05, 0) is 388 Å². The van der Waals surface area contributed by atoms with E-state index in [1.807, 2.05) is 0 Å². The number of benzene rings is 6. The van der Waals surface area contributed by atoms with E-state index in [-0.39, 0.29) is 0 Å². The van der Waals surface area contributed by atoms with Gasteiger partial charge < -0.3 is 34.1 Å². The Hall–Kier alpha value is -5.81. The maximum absolute atomic E-state index is 5.39. The van der Waals surface area contributed by atoms with Crippen LogP contribution < -0.4 is 9.80 Å². The summed E-state index contributed by atoms with van der Waals surface area (Å²) in [6.45, 7) is 30.0. The van der Waals surface area contributed by atoms with E-state index in [9.17, 15) is 0 Å². The number of fused-ring (bicyclic) bond motifs is 15. The second kappa shape index (κ2) is 48.2. The Morgan fingerprint density at radius 3 is 1.48 bits per heavy atom. The molecule has 0 radical (unpaired) electrons. The molecule has 0 N–H and O–H groups in total. The van der Waals surface area contributed by atoms with Gasteiger partial charge in [0.1, 0.15) is 0 Å². The lowest BCUT2D eigenvalue weighted by molar-refractivity contribution is 0.0447. The molecule has 13 heteroatoms. The average molecular weight is 1820 g/mol. The van der Waals surface area contributed by atoms with Gasteiger partial charge >= 0.3 is 0 Å². The Morgan fingerprint density at radius 2 is 0.811 bits per heavy atom. The third-order valence-corrected chi connectivity index (χ3v) is 38.5. The molecule has 12 fully saturated rings. The lowest BCUT2D eigenvalue weighted by Crippen LogP contribution is -2.48. The molecule has 0 amide bonds. The summed E-state index contributed by atoms with van der Waals surface area (Å²) in [5, 5.41) is 0. The van der Waals surface area contributed by atoms with Crippen molar-refractivity contribution in [3.8, 4) is 0 Å². The molecule has 132 heavy (non-hydrogen) atoms. The topological polar surface area (TPSA) is 44.9 Å². The van der Waals surface area contributed by atoms with E-state index >= 15 is 0 Å². The van der Waals surface area contributed by atoms with Crippen molar-refractivity contribution < 1.29 is 4.74 Å². The highest BCUT2D eigenvalue weighted by Gasteiger charge is 2.46. The minimum absolute atomic E-state index is 0.506. The summed E-state index contributed by atoms with van der Waals surface area (Å²) in [5.74, 6) is 10.6. The Morgan fingerprint density at radius 1 is 0.311 bits per heavy atom. The summed E-state index contributed by atoms with van der Waals surface area (Å²) in [4.78, 5) is 27.2. The highest BCUT2D eigenvalue weighted by molar-refractivity contribution is 7.99. The Bertz CT molecular complexity index is 4370. The minimum Gasteiger partial charge on any atom is -0.379 e. The molecule has 0 aromatic heterocycles. The number of rotatable bonds is 0. The molecule has 18 aliphatic rings. The van der Waals surface area contributed by atoms with E-state index in [1.54, 1.807) is 22.3 Å². The van der Waals surface area contributed by atoms with E-state index in [4.69, 9.17) is 4.74 Å². The maximum Gasteiger partial charge on any atom is 0.0625 e. The van der Waals surface area contributed by atoms with Gasteiger partial charge in [0.2, 0.25) is 0 Å². The van der Waals surface area contributed by atoms with Crippen molar-refractivity contribution >= 4 is 35.3 Å². The smallest absolute Gasteiger partial charge is 0.0625 e. The molecule has 9 saturated heterocycles. The quantitative estimate of drug-likeness (QED) is 0.145. The van der Waals surface area contributed by atoms with Gasteiger partial charge in [-0.1, -0.05) is 191 Å². The van der Waals surface area contributed by atoms with Gasteiger partial charge in [0.05, 0.1) is 19.3 Å². The third kappa shape index (κ3) is 24.7. The zero-order valence-electron chi connectivity index (χ0n) is 87.0. The summed E-state index contributed by atoms with van der Waals surface area (Å²) in [6.07, 6.45) is 45.6. The molecular weight excluding hydrogens is 1630 g/mol. The number of thioether (sulfide) groups is 1. The molecule has 12 nitrogen and oxygen atoms in total. The number of nitrogens with zero attached hydrogens (tertiary/aromatic N) is 11. The number of ether oxygens (including phenoxy) is 1. The first-order valence-corrected chi connectivity index (χ1v) is 54.7. The first-order valence-electron chi connectivity index (χ1n) is 53.5. The van der Waals surface area contributed by atoms with Gasteiger partial charge in [-0.2, -0.15) is 11.8 Å². The van der Waals surface area contributed by atoms with Crippen LogP contribution in [0.1, 0.15) is 297 Å². The predicted molar refractivity (Wildman–Crippen MR) is 568 cm³/mol. The van der Waals surface area contributed by atoms with Crippen LogP contribution in [0.15, 0.2) is 158 Å². The molecule has 6 aromatic carbocycles. The third-order valence-electron chi connectivity index (χ3n) is 37.2. The fourth-order valence-electron chi connectivity index (χ4n) is 27.2. The summed E-state index contributed by atoms with van der Waals surface area (Å²) in [6, 6.07) is 65.4. The summed E-state index contributed by atoms with van der Waals surface area (Å²) >= 11 is 2.13. The maximum atomic E-state index is 5.39. The fraction of sp³-hybridized carbons (Fsp3) is 0.664. The number of hydrogen-bond acceptors (Lipinski definition) is 13. The molecule has 0 bridgehead atoms. The zero-order chi connectivity index (χ0) is 93.6. The van der Waals surface area contributed by atoms with Gasteiger partial charge in [0.25, 0.3) is 0 Å². The Kier molecular flexibility index (Phi) is 37.3. The molecule has 3 saturated carbocycles. The molecule has 0 spiro atoms. The number of likely N-dealkylation sites (tertiary alicyclic amines) is 7. The second-order valence-electron chi connectivity index (χ2n) is 44.9. The van der Waals surface area contributed by atoms with Crippen molar-refractivity contribution in [2.75, 3.05) is 125 Å². The highest BCUT2D eigenvalue weighted by atomic mass is 32.2. The number of anilines is 2. The first-order chi connectivity index (χ1) is 63.6. The van der Waals surface area contributed by atoms with Crippen molar-refractivity contribution in [1.29, 1.82) is 0 Å². The van der Waals surface area contributed by atoms with Crippen LogP contribution in [0.3, 0.4) is 0 Å². The molecule has 13 aliphatic heterocycles. The first kappa shape index (κ1) is 102. The van der Waals surface area contributed by atoms with Crippen LogP contribution in [0.5, 0.6) is 0 Å². The number of hydrogen-bond donors (Lipinski definition) is 0. The van der Waals surface area contributed by atoms with Crippen molar-refractivity contribution in [3.63, 3.8) is 0 Å². The summed E-state index contributed by atoms with van der Waals surface area (Å²) < 4.78 is 5.39. The normalized spacial score (nSPS) is 34.8. The van der Waals surface area contributed by atoms with Crippen LogP contribution >= 0.6 is 11.8 Å². The van der Waals surface area contributed by atoms with E-state index in [0.29, 0.717) is 36.3 Å². The number of piperidine rings is 2. The molecule has 25 unspecified atom stereocenters.